The van der Waals surface area contributed by atoms with Crippen LogP contribution in [0.4, 0.5) is 5.95 Å². The van der Waals surface area contributed by atoms with Crippen LogP contribution in [0.15, 0.2) is 46.9 Å². The molecule has 4 heteroatoms. The Hall–Kier alpha value is -1.81. The Morgan fingerprint density at radius 3 is 2.68 bits per heavy atom. The summed E-state index contributed by atoms with van der Waals surface area (Å²) >= 11 is 3.56. The lowest BCUT2D eigenvalue weighted by molar-refractivity contribution is 0.838. The maximum absolute atomic E-state index is 6.04. The Morgan fingerprint density at radius 1 is 1.21 bits per heavy atom. The highest BCUT2D eigenvalue weighted by Gasteiger charge is 2.10. The number of aryl methyl sites for hydroxylation is 1. The van der Waals surface area contributed by atoms with E-state index in [1.165, 1.54) is 5.56 Å². The van der Waals surface area contributed by atoms with Crippen LogP contribution in [-0.4, -0.2) is 9.55 Å². The van der Waals surface area contributed by atoms with Gasteiger partial charge in [-0.25, -0.2) is 4.98 Å². The van der Waals surface area contributed by atoms with Crippen molar-refractivity contribution in [3.8, 4) is 0 Å². The molecule has 0 amide bonds. The number of imidazole rings is 1. The molecule has 0 fully saturated rings. The van der Waals surface area contributed by atoms with E-state index in [9.17, 15) is 0 Å². The van der Waals surface area contributed by atoms with Crippen molar-refractivity contribution in [3.05, 3.63) is 58.1 Å². The molecule has 3 rings (SSSR count). The normalized spacial score (nSPS) is 11.1. The minimum absolute atomic E-state index is 0.552. The Bertz CT molecular complexity index is 732. The highest BCUT2D eigenvalue weighted by atomic mass is 79.9. The average Bonchev–Trinajstić information content (AvgIpc) is 2.68. The van der Waals surface area contributed by atoms with E-state index >= 15 is 0 Å². The largest absolute Gasteiger partial charge is 0.369 e. The predicted octanol–water partition coefficient (Wildman–Crippen LogP) is 3.74. The number of hydrogen-bond acceptors (Lipinski definition) is 2. The molecule has 0 saturated carbocycles. The van der Waals surface area contributed by atoms with Crippen LogP contribution in [0.25, 0.3) is 11.0 Å². The number of rotatable bonds is 2. The van der Waals surface area contributed by atoms with E-state index in [4.69, 9.17) is 5.73 Å². The number of halogens is 1. The number of anilines is 1. The fourth-order valence-corrected chi connectivity index (χ4v) is 2.53. The summed E-state index contributed by atoms with van der Waals surface area (Å²) in [6.45, 7) is 2.79. The molecular weight excluding hydrogens is 302 g/mol. The number of nitrogen functional groups attached to an aromatic ring is 1. The third-order valence-corrected chi connectivity index (χ3v) is 4.10. The van der Waals surface area contributed by atoms with Crippen molar-refractivity contribution < 1.29 is 0 Å². The quantitative estimate of drug-likeness (QED) is 0.783. The van der Waals surface area contributed by atoms with Gasteiger partial charge in [-0.3, -0.25) is 0 Å². The summed E-state index contributed by atoms with van der Waals surface area (Å²) in [6, 6.07) is 14.4. The molecule has 3 nitrogen and oxygen atoms in total. The van der Waals surface area contributed by atoms with Crippen molar-refractivity contribution in [3.63, 3.8) is 0 Å². The van der Waals surface area contributed by atoms with Gasteiger partial charge in [0.2, 0.25) is 5.95 Å². The van der Waals surface area contributed by atoms with Crippen molar-refractivity contribution >= 4 is 32.9 Å². The summed E-state index contributed by atoms with van der Waals surface area (Å²) in [4.78, 5) is 4.43. The molecule has 2 aromatic carbocycles. The van der Waals surface area contributed by atoms with Gasteiger partial charge in [0.25, 0.3) is 0 Å². The molecule has 0 aliphatic heterocycles. The van der Waals surface area contributed by atoms with Gasteiger partial charge in [0.1, 0.15) is 0 Å². The van der Waals surface area contributed by atoms with Crippen LogP contribution in [0, 0.1) is 6.92 Å². The van der Waals surface area contributed by atoms with Crippen LogP contribution >= 0.6 is 15.9 Å². The first-order valence-corrected chi connectivity index (χ1v) is 6.90. The predicted molar refractivity (Wildman–Crippen MR) is 82.1 cm³/mol. The average molecular weight is 316 g/mol. The highest BCUT2D eigenvalue weighted by Crippen LogP contribution is 2.26. The van der Waals surface area contributed by atoms with Gasteiger partial charge in [-0.15, -0.1) is 0 Å². The first kappa shape index (κ1) is 12.2. The summed E-state index contributed by atoms with van der Waals surface area (Å²) in [5, 5.41) is 0. The number of nitrogens with zero attached hydrogens (tertiary/aromatic N) is 2. The first-order chi connectivity index (χ1) is 9.15. The molecule has 19 heavy (non-hydrogen) atoms. The van der Waals surface area contributed by atoms with E-state index in [-0.39, 0.29) is 0 Å². The Kier molecular flexibility index (Phi) is 3.03. The number of hydrogen-bond donors (Lipinski definition) is 1. The fourth-order valence-electron chi connectivity index (χ4n) is 2.20. The molecule has 0 radical (unpaired) electrons. The number of aromatic nitrogens is 2. The molecular formula is C15H14BrN3. The summed E-state index contributed by atoms with van der Waals surface area (Å²) in [5.41, 5.74) is 10.4. The standard InChI is InChI=1S/C15H14BrN3/c1-10-7-13-14(8-12(10)16)19(15(17)18-13)9-11-5-3-2-4-6-11/h2-8H,9H2,1H3,(H2,17,18). The summed E-state index contributed by atoms with van der Waals surface area (Å²) < 4.78 is 3.11. The second-order valence-electron chi connectivity index (χ2n) is 4.63. The van der Waals surface area contributed by atoms with Crippen molar-refractivity contribution in [1.29, 1.82) is 0 Å². The lowest BCUT2D eigenvalue weighted by Crippen LogP contribution is -2.04. The Morgan fingerprint density at radius 2 is 1.95 bits per heavy atom. The molecule has 0 aliphatic rings. The minimum atomic E-state index is 0.552. The maximum atomic E-state index is 6.04. The molecule has 0 saturated heterocycles. The van der Waals surface area contributed by atoms with Crippen molar-refractivity contribution in [1.82, 2.24) is 9.55 Å². The Balaban J connectivity index is 2.13. The van der Waals surface area contributed by atoms with Gasteiger partial charge < -0.3 is 10.3 Å². The summed E-state index contributed by atoms with van der Waals surface area (Å²) in [7, 11) is 0. The lowest BCUT2D eigenvalue weighted by Gasteiger charge is -2.07. The SMILES string of the molecule is Cc1cc2nc(N)n(Cc3ccccc3)c2cc1Br. The highest BCUT2D eigenvalue weighted by molar-refractivity contribution is 9.10. The van der Waals surface area contributed by atoms with Crippen LogP contribution in [0.1, 0.15) is 11.1 Å². The Labute approximate surface area is 120 Å². The smallest absolute Gasteiger partial charge is 0.201 e. The second-order valence-corrected chi connectivity index (χ2v) is 5.49. The lowest BCUT2D eigenvalue weighted by atomic mass is 10.2. The number of fused-ring (bicyclic) bond motifs is 1. The molecule has 1 aromatic heterocycles. The molecule has 2 N–H and O–H groups in total. The van der Waals surface area contributed by atoms with Gasteiger partial charge in [0, 0.05) is 4.47 Å². The maximum Gasteiger partial charge on any atom is 0.201 e. The summed E-state index contributed by atoms with van der Waals surface area (Å²) in [5.74, 6) is 0.552. The second kappa shape index (κ2) is 4.70. The van der Waals surface area contributed by atoms with Gasteiger partial charge in [-0.2, -0.15) is 0 Å². The van der Waals surface area contributed by atoms with E-state index in [1.807, 2.05) is 22.8 Å². The first-order valence-electron chi connectivity index (χ1n) is 6.11. The molecule has 0 aliphatic carbocycles. The number of nitrogens with two attached hydrogens (primary N) is 1. The van der Waals surface area contributed by atoms with Gasteiger partial charge >= 0.3 is 0 Å². The van der Waals surface area contributed by atoms with Crippen molar-refractivity contribution in [2.24, 2.45) is 0 Å². The van der Waals surface area contributed by atoms with Crippen LogP contribution in [0.3, 0.4) is 0 Å². The fraction of sp³-hybridized carbons (Fsp3) is 0.133. The minimum Gasteiger partial charge on any atom is -0.369 e. The topological polar surface area (TPSA) is 43.8 Å². The molecule has 0 bridgehead atoms. The van der Waals surface area contributed by atoms with Crippen LogP contribution in [-0.2, 0) is 6.54 Å². The van der Waals surface area contributed by atoms with E-state index in [0.29, 0.717) is 5.95 Å². The van der Waals surface area contributed by atoms with E-state index in [1.54, 1.807) is 0 Å². The van der Waals surface area contributed by atoms with Crippen molar-refractivity contribution in [2.45, 2.75) is 13.5 Å². The van der Waals surface area contributed by atoms with Gasteiger partial charge in [0.15, 0.2) is 0 Å². The summed E-state index contributed by atoms with van der Waals surface area (Å²) in [6.07, 6.45) is 0. The van der Waals surface area contributed by atoms with Crippen LogP contribution in [0.5, 0.6) is 0 Å². The van der Waals surface area contributed by atoms with E-state index < -0.39 is 0 Å². The zero-order valence-corrected chi connectivity index (χ0v) is 12.2. The zero-order chi connectivity index (χ0) is 13.4. The van der Waals surface area contributed by atoms with Gasteiger partial charge in [0.05, 0.1) is 17.6 Å². The van der Waals surface area contributed by atoms with E-state index in [0.717, 1.165) is 27.6 Å². The van der Waals surface area contributed by atoms with E-state index in [2.05, 4.69) is 52.1 Å². The molecule has 0 unspecified atom stereocenters. The molecule has 3 aromatic rings. The third kappa shape index (κ3) is 2.24. The van der Waals surface area contributed by atoms with Crippen LogP contribution < -0.4 is 5.73 Å². The van der Waals surface area contributed by atoms with Crippen molar-refractivity contribution in [2.75, 3.05) is 5.73 Å². The number of benzene rings is 2. The van der Waals surface area contributed by atoms with Gasteiger partial charge in [-0.1, -0.05) is 46.3 Å². The third-order valence-electron chi connectivity index (χ3n) is 3.24. The zero-order valence-electron chi connectivity index (χ0n) is 10.6. The monoisotopic (exact) mass is 315 g/mol. The molecule has 0 atom stereocenters. The van der Waals surface area contributed by atoms with Crippen LogP contribution in [0.2, 0.25) is 0 Å². The van der Waals surface area contributed by atoms with Gasteiger partial charge in [-0.05, 0) is 30.2 Å². The molecule has 96 valence electrons. The molecule has 1 heterocycles. The molecule has 0 spiro atoms.